The zero-order valence-corrected chi connectivity index (χ0v) is 13.0. The number of benzene rings is 2. The Morgan fingerprint density at radius 1 is 0.905 bits per heavy atom. The summed E-state index contributed by atoms with van der Waals surface area (Å²) >= 11 is 0. The highest BCUT2D eigenvalue weighted by atomic mass is 16.3. The van der Waals surface area contributed by atoms with Crippen LogP contribution in [0.15, 0.2) is 36.4 Å². The minimum absolute atomic E-state index is 0.550. The van der Waals surface area contributed by atoms with Crippen LogP contribution in [0.3, 0.4) is 0 Å². The quantitative estimate of drug-likeness (QED) is 0.912. The van der Waals surface area contributed by atoms with Gasteiger partial charge in [0.2, 0.25) is 0 Å². The topological polar surface area (TPSA) is 44.0 Å². The Morgan fingerprint density at radius 3 is 1.90 bits per heavy atom. The molecular weight excluding hydrogens is 258 g/mol. The molecule has 0 fully saturated rings. The van der Waals surface area contributed by atoms with Crippen molar-refractivity contribution >= 4 is 0 Å². The standard InChI is InChI=1S/C19H21NO/c1-12-5-7-16(8-6-12)17(11-20)19(21)18-14(3)9-13(2)10-15(18)4/h5-10,17,19,21H,1-4H3/t17-,19+/m1/s1. The van der Waals surface area contributed by atoms with E-state index in [1.807, 2.05) is 52.0 Å². The highest BCUT2D eigenvalue weighted by molar-refractivity contribution is 5.42. The molecule has 0 aliphatic rings. The van der Waals surface area contributed by atoms with Gasteiger partial charge in [-0.3, -0.25) is 0 Å². The van der Waals surface area contributed by atoms with Gasteiger partial charge in [0.15, 0.2) is 0 Å². The van der Waals surface area contributed by atoms with E-state index in [1.165, 1.54) is 5.56 Å². The van der Waals surface area contributed by atoms with Gasteiger partial charge in [-0.2, -0.15) is 5.26 Å². The lowest BCUT2D eigenvalue weighted by Crippen LogP contribution is -2.12. The summed E-state index contributed by atoms with van der Waals surface area (Å²) in [7, 11) is 0. The van der Waals surface area contributed by atoms with Crippen molar-refractivity contribution in [2.75, 3.05) is 0 Å². The molecule has 21 heavy (non-hydrogen) atoms. The molecule has 2 rings (SSSR count). The van der Waals surface area contributed by atoms with E-state index in [0.717, 1.165) is 27.8 Å². The van der Waals surface area contributed by atoms with Crippen molar-refractivity contribution in [1.29, 1.82) is 5.26 Å². The first-order chi connectivity index (χ1) is 9.93. The number of hydrogen-bond acceptors (Lipinski definition) is 2. The molecule has 2 aromatic carbocycles. The van der Waals surface area contributed by atoms with E-state index in [9.17, 15) is 10.4 Å². The molecule has 0 aromatic heterocycles. The van der Waals surface area contributed by atoms with Crippen molar-refractivity contribution in [2.24, 2.45) is 0 Å². The van der Waals surface area contributed by atoms with Crippen LogP contribution in [0.5, 0.6) is 0 Å². The number of nitrogens with zero attached hydrogens (tertiary/aromatic N) is 1. The van der Waals surface area contributed by atoms with Crippen LogP contribution in [0.25, 0.3) is 0 Å². The first kappa shape index (κ1) is 15.3. The Labute approximate surface area is 126 Å². The second kappa shape index (κ2) is 6.11. The van der Waals surface area contributed by atoms with Crippen molar-refractivity contribution in [3.63, 3.8) is 0 Å². The normalized spacial score (nSPS) is 13.5. The van der Waals surface area contributed by atoms with Gasteiger partial charge in [0.25, 0.3) is 0 Å². The summed E-state index contributed by atoms with van der Waals surface area (Å²) in [5.74, 6) is -0.550. The van der Waals surface area contributed by atoms with Crippen LogP contribution >= 0.6 is 0 Å². The minimum atomic E-state index is -0.807. The van der Waals surface area contributed by atoms with Crippen molar-refractivity contribution in [3.8, 4) is 6.07 Å². The Kier molecular flexibility index (Phi) is 4.45. The van der Waals surface area contributed by atoms with E-state index in [2.05, 4.69) is 18.2 Å². The summed E-state index contributed by atoms with van der Waals surface area (Å²) < 4.78 is 0. The fourth-order valence-corrected chi connectivity index (χ4v) is 2.93. The van der Waals surface area contributed by atoms with Crippen LogP contribution in [0.4, 0.5) is 0 Å². The van der Waals surface area contributed by atoms with Gasteiger partial charge in [0, 0.05) is 0 Å². The molecule has 1 N–H and O–H groups in total. The molecule has 0 amide bonds. The number of aliphatic hydroxyl groups excluding tert-OH is 1. The van der Waals surface area contributed by atoms with Gasteiger partial charge in [-0.1, -0.05) is 47.5 Å². The molecule has 2 nitrogen and oxygen atoms in total. The Balaban J connectivity index is 2.44. The summed E-state index contributed by atoms with van der Waals surface area (Å²) in [6.07, 6.45) is -0.807. The average molecular weight is 279 g/mol. The maximum Gasteiger partial charge on any atom is 0.101 e. The van der Waals surface area contributed by atoms with Crippen LogP contribution in [0.2, 0.25) is 0 Å². The second-order valence-electron chi connectivity index (χ2n) is 5.77. The predicted octanol–water partition coefficient (Wildman–Crippen LogP) is 4.26. The zero-order valence-electron chi connectivity index (χ0n) is 13.0. The zero-order chi connectivity index (χ0) is 15.6. The van der Waals surface area contributed by atoms with E-state index in [4.69, 9.17) is 0 Å². The van der Waals surface area contributed by atoms with Gasteiger partial charge in [-0.05, 0) is 49.9 Å². The van der Waals surface area contributed by atoms with Gasteiger partial charge in [-0.15, -0.1) is 0 Å². The SMILES string of the molecule is Cc1ccc([C@@H](C#N)[C@H](O)c2c(C)cc(C)cc2C)cc1. The van der Waals surface area contributed by atoms with Gasteiger partial charge in [-0.25, -0.2) is 0 Å². The minimum Gasteiger partial charge on any atom is -0.387 e. The summed E-state index contributed by atoms with van der Waals surface area (Å²) in [5, 5.41) is 20.2. The highest BCUT2D eigenvalue weighted by Crippen LogP contribution is 2.34. The van der Waals surface area contributed by atoms with Crippen LogP contribution in [0.1, 0.15) is 45.4 Å². The number of hydrogen-bond donors (Lipinski definition) is 1. The van der Waals surface area contributed by atoms with E-state index in [1.54, 1.807) is 0 Å². The van der Waals surface area contributed by atoms with Gasteiger partial charge in [0.05, 0.1) is 12.2 Å². The molecular formula is C19H21NO. The third-order valence-corrected chi connectivity index (χ3v) is 3.93. The summed E-state index contributed by atoms with van der Waals surface area (Å²) in [6.45, 7) is 8.03. The molecule has 0 aliphatic heterocycles. The lowest BCUT2D eigenvalue weighted by molar-refractivity contribution is 0.163. The van der Waals surface area contributed by atoms with Crippen molar-refractivity contribution in [2.45, 2.75) is 39.7 Å². The molecule has 0 saturated carbocycles. The molecule has 0 aliphatic carbocycles. The highest BCUT2D eigenvalue weighted by Gasteiger charge is 2.25. The fourth-order valence-electron chi connectivity index (χ4n) is 2.93. The second-order valence-corrected chi connectivity index (χ2v) is 5.77. The summed E-state index contributed by atoms with van der Waals surface area (Å²) in [4.78, 5) is 0. The number of nitriles is 1. The predicted molar refractivity (Wildman–Crippen MR) is 85.1 cm³/mol. The first-order valence-electron chi connectivity index (χ1n) is 7.16. The fraction of sp³-hybridized carbons (Fsp3) is 0.316. The van der Waals surface area contributed by atoms with Gasteiger partial charge >= 0.3 is 0 Å². The molecule has 0 heterocycles. The third kappa shape index (κ3) is 3.15. The summed E-state index contributed by atoms with van der Waals surface area (Å²) in [6, 6.07) is 14.1. The molecule has 2 heteroatoms. The van der Waals surface area contributed by atoms with Crippen LogP contribution in [-0.4, -0.2) is 5.11 Å². The Hall–Kier alpha value is -2.11. The lowest BCUT2D eigenvalue weighted by Gasteiger charge is -2.22. The molecule has 0 bridgehead atoms. The summed E-state index contributed by atoms with van der Waals surface area (Å²) in [5.41, 5.74) is 6.11. The average Bonchev–Trinajstić information content (AvgIpc) is 2.40. The van der Waals surface area contributed by atoms with Crippen molar-refractivity contribution in [1.82, 2.24) is 0 Å². The molecule has 0 radical (unpaired) electrons. The van der Waals surface area contributed by atoms with E-state index in [-0.39, 0.29) is 0 Å². The molecule has 108 valence electrons. The van der Waals surface area contributed by atoms with Gasteiger partial charge < -0.3 is 5.11 Å². The molecule has 0 saturated heterocycles. The number of aliphatic hydroxyl groups is 1. The van der Waals surface area contributed by atoms with Crippen molar-refractivity contribution < 1.29 is 5.11 Å². The maximum atomic E-state index is 10.7. The van der Waals surface area contributed by atoms with E-state index in [0.29, 0.717) is 0 Å². The van der Waals surface area contributed by atoms with Crippen molar-refractivity contribution in [3.05, 3.63) is 69.8 Å². The first-order valence-corrected chi connectivity index (χ1v) is 7.16. The number of rotatable bonds is 3. The number of aryl methyl sites for hydroxylation is 4. The smallest absolute Gasteiger partial charge is 0.101 e. The molecule has 2 aromatic rings. The Bertz CT molecular complexity index is 657. The largest absolute Gasteiger partial charge is 0.387 e. The molecule has 0 unspecified atom stereocenters. The molecule has 0 spiro atoms. The van der Waals surface area contributed by atoms with Crippen LogP contribution < -0.4 is 0 Å². The maximum absolute atomic E-state index is 10.7. The third-order valence-electron chi connectivity index (χ3n) is 3.93. The monoisotopic (exact) mass is 279 g/mol. The van der Waals surface area contributed by atoms with Gasteiger partial charge in [0.1, 0.15) is 5.92 Å². The Morgan fingerprint density at radius 2 is 1.43 bits per heavy atom. The van der Waals surface area contributed by atoms with E-state index >= 15 is 0 Å². The van der Waals surface area contributed by atoms with Crippen LogP contribution in [0, 0.1) is 39.0 Å². The van der Waals surface area contributed by atoms with Crippen LogP contribution in [-0.2, 0) is 0 Å². The lowest BCUT2D eigenvalue weighted by atomic mass is 9.85. The molecule has 2 atom stereocenters. The van der Waals surface area contributed by atoms with E-state index < -0.39 is 12.0 Å².